The van der Waals surface area contributed by atoms with E-state index in [2.05, 4.69) is 6.92 Å². The molecule has 3 rings (SSSR count). The maximum absolute atomic E-state index is 13.1. The van der Waals surface area contributed by atoms with E-state index < -0.39 is 10.0 Å². The van der Waals surface area contributed by atoms with Crippen molar-refractivity contribution >= 4 is 21.6 Å². The fourth-order valence-electron chi connectivity index (χ4n) is 4.19. The fourth-order valence-corrected chi connectivity index (χ4v) is 5.65. The van der Waals surface area contributed by atoms with Crippen LogP contribution in [0.1, 0.15) is 43.4 Å². The SMILES string of the molecule is CCN(CC)S(=O)(=O)c1ccc(CCC(=O)N2CCCc3c(C)ccc(OC)c32)cc1. The van der Waals surface area contributed by atoms with Gasteiger partial charge in [-0.25, -0.2) is 8.42 Å². The molecule has 0 aliphatic carbocycles. The molecule has 7 heteroatoms. The highest BCUT2D eigenvalue weighted by atomic mass is 32.2. The van der Waals surface area contributed by atoms with Gasteiger partial charge in [-0.1, -0.05) is 32.0 Å². The molecule has 0 radical (unpaired) electrons. The smallest absolute Gasteiger partial charge is 0.243 e. The molecule has 0 aromatic heterocycles. The first-order chi connectivity index (χ1) is 14.8. The summed E-state index contributed by atoms with van der Waals surface area (Å²) < 4.78 is 32.3. The average Bonchev–Trinajstić information content (AvgIpc) is 2.78. The second-order valence-electron chi connectivity index (χ2n) is 7.79. The summed E-state index contributed by atoms with van der Waals surface area (Å²) in [6.45, 7) is 7.30. The summed E-state index contributed by atoms with van der Waals surface area (Å²) >= 11 is 0. The van der Waals surface area contributed by atoms with Crippen LogP contribution in [-0.4, -0.2) is 45.4 Å². The predicted octanol–water partition coefficient (Wildman–Crippen LogP) is 3.95. The minimum Gasteiger partial charge on any atom is -0.495 e. The Morgan fingerprint density at radius 1 is 1.10 bits per heavy atom. The van der Waals surface area contributed by atoms with Crippen molar-refractivity contribution in [3.8, 4) is 5.75 Å². The number of carbonyl (C=O) groups excluding carboxylic acids is 1. The fraction of sp³-hybridized carbons (Fsp3) is 0.458. The van der Waals surface area contributed by atoms with E-state index in [9.17, 15) is 13.2 Å². The number of carbonyl (C=O) groups is 1. The largest absolute Gasteiger partial charge is 0.495 e. The van der Waals surface area contributed by atoms with Crippen molar-refractivity contribution in [2.45, 2.75) is 51.3 Å². The van der Waals surface area contributed by atoms with Gasteiger partial charge < -0.3 is 9.64 Å². The number of fused-ring (bicyclic) bond motifs is 1. The molecule has 0 fully saturated rings. The topological polar surface area (TPSA) is 66.9 Å². The average molecular weight is 445 g/mol. The zero-order valence-corrected chi connectivity index (χ0v) is 19.7. The van der Waals surface area contributed by atoms with Crippen molar-refractivity contribution in [1.29, 1.82) is 0 Å². The van der Waals surface area contributed by atoms with Crippen molar-refractivity contribution in [3.05, 3.63) is 53.1 Å². The number of benzene rings is 2. The van der Waals surface area contributed by atoms with Crippen LogP contribution in [-0.2, 0) is 27.7 Å². The number of hydrogen-bond acceptors (Lipinski definition) is 4. The first-order valence-electron chi connectivity index (χ1n) is 10.9. The Morgan fingerprint density at radius 2 is 1.77 bits per heavy atom. The summed E-state index contributed by atoms with van der Waals surface area (Å²) in [4.78, 5) is 15.2. The molecule has 1 aliphatic rings. The number of nitrogens with zero attached hydrogens (tertiary/aromatic N) is 2. The Labute approximate surface area is 185 Å². The molecule has 0 N–H and O–H groups in total. The molecular weight excluding hydrogens is 412 g/mol. The minimum absolute atomic E-state index is 0.0599. The molecule has 1 heterocycles. The molecular formula is C24H32N2O4S. The number of ether oxygens (including phenoxy) is 1. The molecule has 1 aliphatic heterocycles. The normalized spacial score (nSPS) is 13.9. The monoisotopic (exact) mass is 444 g/mol. The highest BCUT2D eigenvalue weighted by Gasteiger charge is 2.27. The third-order valence-electron chi connectivity index (χ3n) is 5.97. The van der Waals surface area contributed by atoms with Gasteiger partial charge in [0.25, 0.3) is 0 Å². The van der Waals surface area contributed by atoms with Gasteiger partial charge in [-0.05, 0) is 61.1 Å². The summed E-state index contributed by atoms with van der Waals surface area (Å²) in [6.07, 6.45) is 2.80. The van der Waals surface area contributed by atoms with Gasteiger partial charge >= 0.3 is 0 Å². The van der Waals surface area contributed by atoms with Crippen molar-refractivity contribution in [2.75, 3.05) is 31.6 Å². The second kappa shape index (κ2) is 9.83. The van der Waals surface area contributed by atoms with Gasteiger partial charge in [0.1, 0.15) is 5.75 Å². The third kappa shape index (κ3) is 4.77. The molecule has 1 amide bonds. The van der Waals surface area contributed by atoms with Gasteiger partial charge in [-0.2, -0.15) is 4.31 Å². The zero-order chi connectivity index (χ0) is 22.6. The summed E-state index contributed by atoms with van der Waals surface area (Å²) in [5.74, 6) is 0.796. The van der Waals surface area contributed by atoms with E-state index in [0.717, 1.165) is 29.8 Å². The van der Waals surface area contributed by atoms with Gasteiger partial charge in [0.2, 0.25) is 15.9 Å². The van der Waals surface area contributed by atoms with Crippen molar-refractivity contribution < 1.29 is 17.9 Å². The van der Waals surface area contributed by atoms with Gasteiger partial charge in [-0.3, -0.25) is 4.79 Å². The number of hydrogen-bond donors (Lipinski definition) is 0. The lowest BCUT2D eigenvalue weighted by Gasteiger charge is -2.32. The van der Waals surface area contributed by atoms with Crippen LogP contribution in [0.3, 0.4) is 0 Å². The molecule has 31 heavy (non-hydrogen) atoms. The van der Waals surface area contributed by atoms with Crippen LogP contribution in [0.5, 0.6) is 5.75 Å². The van der Waals surface area contributed by atoms with E-state index in [1.165, 1.54) is 15.4 Å². The lowest BCUT2D eigenvalue weighted by atomic mass is 9.95. The van der Waals surface area contributed by atoms with Crippen LogP contribution in [0.2, 0.25) is 0 Å². The Morgan fingerprint density at radius 3 is 2.39 bits per heavy atom. The molecule has 0 bridgehead atoms. The molecule has 2 aromatic carbocycles. The van der Waals surface area contributed by atoms with E-state index in [1.807, 2.05) is 30.9 Å². The number of anilines is 1. The van der Waals surface area contributed by atoms with E-state index >= 15 is 0 Å². The number of rotatable bonds is 8. The zero-order valence-electron chi connectivity index (χ0n) is 18.8. The number of methoxy groups -OCH3 is 1. The Balaban J connectivity index is 1.72. The first-order valence-corrected chi connectivity index (χ1v) is 12.3. The van der Waals surface area contributed by atoms with E-state index in [0.29, 0.717) is 32.5 Å². The van der Waals surface area contributed by atoms with Crippen molar-refractivity contribution in [3.63, 3.8) is 0 Å². The minimum atomic E-state index is -3.47. The van der Waals surface area contributed by atoms with Gasteiger partial charge in [0, 0.05) is 26.1 Å². The molecule has 0 spiro atoms. The molecule has 6 nitrogen and oxygen atoms in total. The molecule has 0 unspecified atom stereocenters. The van der Waals surface area contributed by atoms with Crippen LogP contribution in [0.25, 0.3) is 0 Å². The molecule has 0 saturated carbocycles. The maximum atomic E-state index is 13.1. The van der Waals surface area contributed by atoms with Crippen LogP contribution < -0.4 is 9.64 Å². The Bertz CT molecular complexity index is 1030. The first kappa shape index (κ1) is 23.3. The number of amides is 1. The number of sulfonamides is 1. The van der Waals surface area contributed by atoms with E-state index in [1.54, 1.807) is 31.4 Å². The highest BCUT2D eigenvalue weighted by molar-refractivity contribution is 7.89. The lowest BCUT2D eigenvalue weighted by molar-refractivity contribution is -0.118. The van der Waals surface area contributed by atoms with Crippen LogP contribution in [0.15, 0.2) is 41.3 Å². The number of aryl methyl sites for hydroxylation is 2. The highest BCUT2D eigenvalue weighted by Crippen LogP contribution is 2.38. The third-order valence-corrected chi connectivity index (χ3v) is 8.04. The predicted molar refractivity (Wildman–Crippen MR) is 123 cm³/mol. The van der Waals surface area contributed by atoms with E-state index in [4.69, 9.17) is 4.74 Å². The van der Waals surface area contributed by atoms with Gasteiger partial charge in [0.15, 0.2) is 0 Å². The van der Waals surface area contributed by atoms with Gasteiger partial charge in [-0.15, -0.1) is 0 Å². The molecule has 0 atom stereocenters. The summed E-state index contributed by atoms with van der Waals surface area (Å²) in [6, 6.07) is 10.8. The molecule has 2 aromatic rings. The summed E-state index contributed by atoms with van der Waals surface area (Å²) in [5.41, 5.74) is 4.21. The second-order valence-corrected chi connectivity index (χ2v) is 9.73. The molecule has 0 saturated heterocycles. The Kier molecular flexibility index (Phi) is 7.38. The van der Waals surface area contributed by atoms with Gasteiger partial charge in [0.05, 0.1) is 17.7 Å². The van der Waals surface area contributed by atoms with Crippen LogP contribution in [0, 0.1) is 6.92 Å². The van der Waals surface area contributed by atoms with Crippen LogP contribution >= 0.6 is 0 Å². The Hall–Kier alpha value is -2.38. The quantitative estimate of drug-likeness (QED) is 0.618. The lowest BCUT2D eigenvalue weighted by Crippen LogP contribution is -2.36. The summed E-state index contributed by atoms with van der Waals surface area (Å²) in [5, 5.41) is 0. The molecule has 168 valence electrons. The summed E-state index contributed by atoms with van der Waals surface area (Å²) in [7, 11) is -1.83. The van der Waals surface area contributed by atoms with Crippen LogP contribution in [0.4, 0.5) is 5.69 Å². The maximum Gasteiger partial charge on any atom is 0.243 e. The van der Waals surface area contributed by atoms with Crippen molar-refractivity contribution in [2.24, 2.45) is 0 Å². The van der Waals surface area contributed by atoms with E-state index in [-0.39, 0.29) is 10.8 Å². The standard InChI is InChI=1S/C24H32N2O4S/c1-5-25(6-2)31(28,29)20-13-10-19(11-14-20)12-16-23(27)26-17-7-8-21-18(3)9-15-22(30-4)24(21)26/h9-11,13-15H,5-8,12,16-17H2,1-4H3. The van der Waals surface area contributed by atoms with Crippen molar-refractivity contribution in [1.82, 2.24) is 4.31 Å².